The summed E-state index contributed by atoms with van der Waals surface area (Å²) in [6, 6.07) is 16.2. The minimum absolute atomic E-state index is 0.0911. The summed E-state index contributed by atoms with van der Waals surface area (Å²) in [5.74, 6) is -0.0911. The van der Waals surface area contributed by atoms with Gasteiger partial charge in [-0.3, -0.25) is 4.79 Å². The zero-order chi connectivity index (χ0) is 18.7. The highest BCUT2D eigenvalue weighted by atomic mass is 16.2. The molecule has 26 heavy (non-hydrogen) atoms. The van der Waals surface area contributed by atoms with Gasteiger partial charge in [-0.1, -0.05) is 48.5 Å². The van der Waals surface area contributed by atoms with Crippen LogP contribution in [-0.4, -0.2) is 17.0 Å². The van der Waals surface area contributed by atoms with Gasteiger partial charge in [0.2, 0.25) is 0 Å². The van der Waals surface area contributed by atoms with Crippen molar-refractivity contribution in [1.29, 1.82) is 0 Å². The van der Waals surface area contributed by atoms with Gasteiger partial charge in [0.25, 0.3) is 5.91 Å². The number of nitrogens with zero attached hydrogens (tertiary/aromatic N) is 1. The molecule has 4 heteroatoms. The molecule has 1 atom stereocenters. The standard InChI is InChI=1S/C22H25N3O/c1-4-16(13-23)18-12-21(25(3)14-18)22(26)24-15(2)19-11-7-9-17-8-5-6-10-20(17)19/h4-12,14-15H,13,23H2,1-3H3,(H,24,26)/b16-4+. The molecule has 0 aliphatic carbocycles. The van der Waals surface area contributed by atoms with Crippen molar-refractivity contribution in [3.63, 3.8) is 0 Å². The molecule has 0 aliphatic rings. The maximum absolute atomic E-state index is 12.8. The molecule has 0 saturated heterocycles. The molecule has 0 fully saturated rings. The SMILES string of the molecule is C/C=C(\CN)c1cc(C(=O)NC(C)c2cccc3ccccc23)n(C)c1. The maximum atomic E-state index is 12.8. The molecule has 0 bridgehead atoms. The van der Waals surface area contributed by atoms with Crippen molar-refractivity contribution in [2.24, 2.45) is 12.8 Å². The van der Waals surface area contributed by atoms with E-state index in [1.807, 2.05) is 62.0 Å². The fourth-order valence-electron chi connectivity index (χ4n) is 3.34. The number of carbonyl (C=O) groups excluding carboxylic acids is 1. The Kier molecular flexibility index (Phi) is 5.24. The van der Waals surface area contributed by atoms with Gasteiger partial charge in [0, 0.05) is 19.8 Å². The number of allylic oxidation sites excluding steroid dienone is 1. The van der Waals surface area contributed by atoms with Crippen LogP contribution in [0.3, 0.4) is 0 Å². The fourth-order valence-corrected chi connectivity index (χ4v) is 3.34. The molecule has 0 spiro atoms. The van der Waals surface area contributed by atoms with E-state index in [-0.39, 0.29) is 11.9 Å². The summed E-state index contributed by atoms with van der Waals surface area (Å²) < 4.78 is 1.85. The van der Waals surface area contributed by atoms with Gasteiger partial charge in [-0.2, -0.15) is 0 Å². The Labute approximate surface area is 154 Å². The van der Waals surface area contributed by atoms with Crippen molar-refractivity contribution >= 4 is 22.3 Å². The first-order chi connectivity index (χ1) is 12.5. The molecule has 4 nitrogen and oxygen atoms in total. The third kappa shape index (κ3) is 3.41. The number of carbonyl (C=O) groups is 1. The number of nitrogens with two attached hydrogens (primary N) is 1. The van der Waals surface area contributed by atoms with Gasteiger partial charge in [0.05, 0.1) is 6.04 Å². The van der Waals surface area contributed by atoms with Crippen LogP contribution in [-0.2, 0) is 7.05 Å². The normalized spacial score (nSPS) is 13.0. The van der Waals surface area contributed by atoms with Crippen molar-refractivity contribution in [3.8, 4) is 0 Å². The van der Waals surface area contributed by atoms with E-state index in [0.717, 1.165) is 22.1 Å². The van der Waals surface area contributed by atoms with Gasteiger partial charge in [0.1, 0.15) is 5.69 Å². The van der Waals surface area contributed by atoms with E-state index in [1.165, 1.54) is 5.39 Å². The predicted molar refractivity (Wildman–Crippen MR) is 108 cm³/mol. The molecular formula is C22H25N3O. The average Bonchev–Trinajstić information content (AvgIpc) is 3.03. The van der Waals surface area contributed by atoms with E-state index in [2.05, 4.69) is 29.6 Å². The average molecular weight is 347 g/mol. The fraction of sp³-hybridized carbons (Fsp3) is 0.227. The molecule has 0 radical (unpaired) electrons. The molecule has 1 heterocycles. The summed E-state index contributed by atoms with van der Waals surface area (Å²) in [5, 5.41) is 5.46. The number of rotatable bonds is 5. The molecule has 2 aromatic carbocycles. The largest absolute Gasteiger partial charge is 0.346 e. The second kappa shape index (κ2) is 7.58. The highest BCUT2D eigenvalue weighted by Gasteiger charge is 2.17. The van der Waals surface area contributed by atoms with Crippen LogP contribution in [0.25, 0.3) is 16.3 Å². The van der Waals surface area contributed by atoms with Crippen LogP contribution in [0.5, 0.6) is 0 Å². The van der Waals surface area contributed by atoms with Gasteiger partial charge in [-0.05, 0) is 47.4 Å². The molecule has 134 valence electrons. The monoisotopic (exact) mass is 347 g/mol. The van der Waals surface area contributed by atoms with Crippen LogP contribution in [0.15, 0.2) is 60.8 Å². The first-order valence-corrected chi connectivity index (χ1v) is 8.85. The summed E-state index contributed by atoms with van der Waals surface area (Å²) in [7, 11) is 1.88. The smallest absolute Gasteiger partial charge is 0.268 e. The number of benzene rings is 2. The molecule has 3 N–H and O–H groups in total. The highest BCUT2D eigenvalue weighted by molar-refractivity contribution is 5.95. The summed E-state index contributed by atoms with van der Waals surface area (Å²) in [6.45, 7) is 4.42. The first kappa shape index (κ1) is 18.0. The van der Waals surface area contributed by atoms with E-state index in [1.54, 1.807) is 0 Å². The maximum Gasteiger partial charge on any atom is 0.268 e. The number of nitrogens with one attached hydrogen (secondary N) is 1. The molecule has 1 unspecified atom stereocenters. The van der Waals surface area contributed by atoms with Crippen LogP contribution in [0.2, 0.25) is 0 Å². The lowest BCUT2D eigenvalue weighted by Gasteiger charge is -2.17. The van der Waals surface area contributed by atoms with E-state index in [9.17, 15) is 4.79 Å². The second-order valence-electron chi connectivity index (χ2n) is 6.51. The van der Waals surface area contributed by atoms with Crippen molar-refractivity contribution in [1.82, 2.24) is 9.88 Å². The number of hydrogen-bond donors (Lipinski definition) is 2. The van der Waals surface area contributed by atoms with Gasteiger partial charge < -0.3 is 15.6 Å². The van der Waals surface area contributed by atoms with Crippen LogP contribution >= 0.6 is 0 Å². The second-order valence-corrected chi connectivity index (χ2v) is 6.51. The predicted octanol–water partition coefficient (Wildman–Crippen LogP) is 4.03. The van der Waals surface area contributed by atoms with Crippen molar-refractivity contribution in [2.45, 2.75) is 19.9 Å². The summed E-state index contributed by atoms with van der Waals surface area (Å²) in [5.41, 5.74) is 9.54. The van der Waals surface area contributed by atoms with Gasteiger partial charge in [-0.15, -0.1) is 0 Å². The van der Waals surface area contributed by atoms with E-state index >= 15 is 0 Å². The van der Waals surface area contributed by atoms with E-state index in [4.69, 9.17) is 5.73 Å². The topological polar surface area (TPSA) is 60.1 Å². The van der Waals surface area contributed by atoms with Crippen molar-refractivity contribution in [2.75, 3.05) is 6.54 Å². The van der Waals surface area contributed by atoms with Crippen molar-refractivity contribution in [3.05, 3.63) is 77.6 Å². The van der Waals surface area contributed by atoms with Crippen LogP contribution in [0.1, 0.15) is 41.5 Å². The lowest BCUT2D eigenvalue weighted by atomic mass is 9.99. The molecule has 3 rings (SSSR count). The Morgan fingerprint density at radius 1 is 1.23 bits per heavy atom. The lowest BCUT2D eigenvalue weighted by Crippen LogP contribution is -2.28. The number of fused-ring (bicyclic) bond motifs is 1. The quantitative estimate of drug-likeness (QED) is 0.732. The number of hydrogen-bond acceptors (Lipinski definition) is 2. The minimum atomic E-state index is -0.0948. The van der Waals surface area contributed by atoms with Gasteiger partial charge in [0.15, 0.2) is 0 Å². The van der Waals surface area contributed by atoms with Crippen molar-refractivity contribution < 1.29 is 4.79 Å². The number of aryl methyl sites for hydroxylation is 1. The van der Waals surface area contributed by atoms with Crippen LogP contribution in [0.4, 0.5) is 0 Å². The third-order valence-electron chi connectivity index (χ3n) is 4.81. The molecule has 1 amide bonds. The van der Waals surface area contributed by atoms with Gasteiger partial charge >= 0.3 is 0 Å². The molecule has 0 saturated carbocycles. The summed E-state index contributed by atoms with van der Waals surface area (Å²) in [6.07, 6.45) is 3.93. The van der Waals surface area contributed by atoms with Gasteiger partial charge in [-0.25, -0.2) is 0 Å². The Bertz CT molecular complexity index is 963. The Morgan fingerprint density at radius 3 is 2.69 bits per heavy atom. The van der Waals surface area contributed by atoms with Crippen LogP contribution < -0.4 is 11.1 Å². The van der Waals surface area contributed by atoms with E-state index < -0.39 is 0 Å². The molecular weight excluding hydrogens is 322 g/mol. The first-order valence-electron chi connectivity index (χ1n) is 8.85. The summed E-state index contributed by atoms with van der Waals surface area (Å²) >= 11 is 0. The molecule has 0 aliphatic heterocycles. The zero-order valence-electron chi connectivity index (χ0n) is 15.5. The highest BCUT2D eigenvalue weighted by Crippen LogP contribution is 2.24. The zero-order valence-corrected chi connectivity index (χ0v) is 15.5. The Hall–Kier alpha value is -2.85. The van der Waals surface area contributed by atoms with E-state index in [0.29, 0.717) is 12.2 Å². The molecule has 1 aromatic heterocycles. The summed E-state index contributed by atoms with van der Waals surface area (Å²) in [4.78, 5) is 12.8. The molecule has 3 aromatic rings. The third-order valence-corrected chi connectivity index (χ3v) is 4.81. The van der Waals surface area contributed by atoms with Crippen LogP contribution in [0, 0.1) is 0 Å². The minimum Gasteiger partial charge on any atom is -0.346 e. The lowest BCUT2D eigenvalue weighted by molar-refractivity contribution is 0.0932. The number of aromatic nitrogens is 1. The Morgan fingerprint density at radius 2 is 1.96 bits per heavy atom. The number of amides is 1. The Balaban J connectivity index is 1.86.